The molecule has 2 aromatic rings. The monoisotopic (exact) mass is 314 g/mol. The van der Waals surface area contributed by atoms with Crippen LogP contribution in [0.3, 0.4) is 0 Å². The lowest BCUT2D eigenvalue weighted by molar-refractivity contribution is -0.133. The molecule has 2 fully saturated rings. The molecule has 1 amide bonds. The van der Waals surface area contributed by atoms with E-state index in [1.807, 2.05) is 29.4 Å². The number of nitrogens with zero attached hydrogens (tertiary/aromatic N) is 4. The third-order valence-corrected chi connectivity index (χ3v) is 4.86. The normalized spacial score (nSPS) is 22.5. The third-order valence-electron chi connectivity index (χ3n) is 4.86. The zero-order chi connectivity index (χ0) is 15.8. The van der Waals surface area contributed by atoms with Crippen LogP contribution < -0.4 is 0 Å². The fraction of sp³-hybridized carbons (Fsp3) is 0.588. The van der Waals surface area contributed by atoms with E-state index in [2.05, 4.69) is 21.6 Å². The minimum Gasteiger partial charge on any atom is -0.351 e. The highest BCUT2D eigenvalue weighted by molar-refractivity contribution is 5.77. The van der Waals surface area contributed by atoms with Gasteiger partial charge in [-0.25, -0.2) is 0 Å². The summed E-state index contributed by atoms with van der Waals surface area (Å²) in [6, 6.07) is 4.11. The Morgan fingerprint density at radius 2 is 2.13 bits per heavy atom. The van der Waals surface area contributed by atoms with Crippen molar-refractivity contribution in [2.24, 2.45) is 0 Å². The van der Waals surface area contributed by atoms with Crippen molar-refractivity contribution in [1.29, 1.82) is 0 Å². The van der Waals surface area contributed by atoms with Crippen LogP contribution in [0.4, 0.5) is 0 Å². The number of amides is 1. The zero-order valence-electron chi connectivity index (χ0n) is 13.4. The van der Waals surface area contributed by atoms with Gasteiger partial charge in [0.25, 0.3) is 0 Å². The van der Waals surface area contributed by atoms with Crippen LogP contribution in [0.15, 0.2) is 29.0 Å². The Bertz CT molecular complexity index is 675. The lowest BCUT2D eigenvalue weighted by atomic mass is 10.1. The van der Waals surface area contributed by atoms with Crippen molar-refractivity contribution < 1.29 is 9.32 Å². The second-order valence-corrected chi connectivity index (χ2v) is 6.69. The van der Waals surface area contributed by atoms with Crippen molar-refractivity contribution in [2.45, 2.75) is 57.0 Å². The van der Waals surface area contributed by atoms with Crippen LogP contribution in [0.2, 0.25) is 0 Å². The standard InChI is InChI=1S/C17H22N4O2/c1-12(20-8-2-3-9-20)11-15(22)21-10-4-5-14(21)16-18-17(23-19-16)13-6-7-13/h2-3,8-9,12-14H,4-7,10-11H2,1H3/t12-,14-/m0/s1. The number of hydrogen-bond acceptors (Lipinski definition) is 4. The fourth-order valence-corrected chi connectivity index (χ4v) is 3.33. The molecule has 3 heterocycles. The molecule has 0 aromatic carbocycles. The molecule has 2 aliphatic rings. The maximum atomic E-state index is 12.7. The highest BCUT2D eigenvalue weighted by Crippen LogP contribution is 2.40. The van der Waals surface area contributed by atoms with Crippen molar-refractivity contribution in [3.05, 3.63) is 36.2 Å². The maximum absolute atomic E-state index is 12.7. The summed E-state index contributed by atoms with van der Waals surface area (Å²) in [6.45, 7) is 2.86. The molecule has 2 aromatic heterocycles. The molecule has 1 aliphatic carbocycles. The van der Waals surface area contributed by atoms with E-state index >= 15 is 0 Å². The molecule has 0 N–H and O–H groups in total. The summed E-state index contributed by atoms with van der Waals surface area (Å²) in [6.07, 6.45) is 8.71. The molecule has 6 nitrogen and oxygen atoms in total. The molecule has 0 radical (unpaired) electrons. The van der Waals surface area contributed by atoms with Gasteiger partial charge < -0.3 is 14.0 Å². The molecule has 2 atom stereocenters. The van der Waals surface area contributed by atoms with Crippen LogP contribution in [0.5, 0.6) is 0 Å². The summed E-state index contributed by atoms with van der Waals surface area (Å²) < 4.78 is 7.44. The quantitative estimate of drug-likeness (QED) is 0.851. The third kappa shape index (κ3) is 2.90. The largest absolute Gasteiger partial charge is 0.351 e. The number of carbonyl (C=O) groups is 1. The van der Waals surface area contributed by atoms with Gasteiger partial charge in [0.15, 0.2) is 5.82 Å². The topological polar surface area (TPSA) is 64.2 Å². The van der Waals surface area contributed by atoms with Gasteiger partial charge in [0, 0.05) is 37.3 Å². The van der Waals surface area contributed by atoms with E-state index in [1.165, 1.54) is 0 Å². The second-order valence-electron chi connectivity index (χ2n) is 6.69. The maximum Gasteiger partial charge on any atom is 0.229 e. The van der Waals surface area contributed by atoms with Crippen LogP contribution in [0, 0.1) is 0 Å². The summed E-state index contributed by atoms with van der Waals surface area (Å²) in [4.78, 5) is 19.2. The molecule has 122 valence electrons. The minimum atomic E-state index is -0.0180. The Labute approximate surface area is 135 Å². The number of hydrogen-bond donors (Lipinski definition) is 0. The Balaban J connectivity index is 1.44. The smallest absolute Gasteiger partial charge is 0.229 e. The van der Waals surface area contributed by atoms with Crippen LogP contribution in [-0.4, -0.2) is 32.1 Å². The lowest BCUT2D eigenvalue weighted by Crippen LogP contribution is -2.32. The van der Waals surface area contributed by atoms with Crippen LogP contribution >= 0.6 is 0 Å². The van der Waals surface area contributed by atoms with Crippen molar-refractivity contribution in [2.75, 3.05) is 6.54 Å². The molecule has 0 unspecified atom stereocenters. The average molecular weight is 314 g/mol. The molecule has 1 saturated heterocycles. The highest BCUT2D eigenvalue weighted by atomic mass is 16.5. The average Bonchev–Trinajstić information content (AvgIpc) is 3.05. The summed E-state index contributed by atoms with van der Waals surface area (Å²) in [5.41, 5.74) is 0. The van der Waals surface area contributed by atoms with Crippen LogP contribution in [-0.2, 0) is 4.79 Å². The molecule has 23 heavy (non-hydrogen) atoms. The van der Waals surface area contributed by atoms with Crippen molar-refractivity contribution in [3.63, 3.8) is 0 Å². The van der Waals surface area contributed by atoms with Crippen molar-refractivity contribution in [3.8, 4) is 0 Å². The predicted molar refractivity (Wildman–Crippen MR) is 83.7 cm³/mol. The van der Waals surface area contributed by atoms with Gasteiger partial charge in [-0.2, -0.15) is 4.98 Å². The van der Waals surface area contributed by atoms with Gasteiger partial charge in [-0.1, -0.05) is 5.16 Å². The van der Waals surface area contributed by atoms with E-state index in [9.17, 15) is 4.79 Å². The van der Waals surface area contributed by atoms with E-state index in [-0.39, 0.29) is 18.0 Å². The van der Waals surface area contributed by atoms with Gasteiger partial charge in [0.2, 0.25) is 11.8 Å². The van der Waals surface area contributed by atoms with Gasteiger partial charge >= 0.3 is 0 Å². The first-order chi connectivity index (χ1) is 11.2. The summed E-state index contributed by atoms with van der Waals surface area (Å²) in [5.74, 6) is 2.06. The van der Waals surface area contributed by atoms with Gasteiger partial charge in [-0.05, 0) is 44.7 Å². The minimum absolute atomic E-state index is 0.0180. The van der Waals surface area contributed by atoms with E-state index < -0.39 is 0 Å². The molecule has 0 spiro atoms. The molecule has 1 saturated carbocycles. The molecular formula is C17H22N4O2. The first kappa shape index (κ1) is 14.5. The van der Waals surface area contributed by atoms with E-state index in [0.717, 1.165) is 38.1 Å². The van der Waals surface area contributed by atoms with Gasteiger partial charge in [0.05, 0.1) is 6.04 Å². The van der Waals surface area contributed by atoms with E-state index in [4.69, 9.17) is 4.52 Å². The molecular weight excluding hydrogens is 292 g/mol. The van der Waals surface area contributed by atoms with E-state index in [1.54, 1.807) is 0 Å². The predicted octanol–water partition coefficient (Wildman–Crippen LogP) is 3.06. The SMILES string of the molecule is C[C@@H](CC(=O)N1CCC[C@H]1c1noc(C2CC2)n1)n1cccc1. The Morgan fingerprint density at radius 3 is 2.87 bits per heavy atom. The summed E-state index contributed by atoms with van der Waals surface area (Å²) in [5, 5.41) is 4.14. The Hall–Kier alpha value is -2.11. The Morgan fingerprint density at radius 1 is 1.35 bits per heavy atom. The van der Waals surface area contributed by atoms with Crippen molar-refractivity contribution >= 4 is 5.91 Å². The number of aromatic nitrogens is 3. The van der Waals surface area contributed by atoms with Gasteiger partial charge in [0.1, 0.15) is 0 Å². The number of carbonyl (C=O) groups excluding carboxylic acids is 1. The molecule has 6 heteroatoms. The molecule has 1 aliphatic heterocycles. The summed E-state index contributed by atoms with van der Waals surface area (Å²) >= 11 is 0. The zero-order valence-corrected chi connectivity index (χ0v) is 13.4. The molecule has 4 rings (SSSR count). The lowest BCUT2D eigenvalue weighted by Gasteiger charge is -2.24. The number of likely N-dealkylation sites (tertiary alicyclic amines) is 1. The van der Waals surface area contributed by atoms with E-state index in [0.29, 0.717) is 18.2 Å². The van der Waals surface area contributed by atoms with Crippen molar-refractivity contribution in [1.82, 2.24) is 19.6 Å². The van der Waals surface area contributed by atoms with Gasteiger partial charge in [-0.15, -0.1) is 0 Å². The number of rotatable bonds is 5. The highest BCUT2D eigenvalue weighted by Gasteiger charge is 2.36. The van der Waals surface area contributed by atoms with Gasteiger partial charge in [-0.3, -0.25) is 4.79 Å². The fourth-order valence-electron chi connectivity index (χ4n) is 3.33. The molecule has 0 bridgehead atoms. The van der Waals surface area contributed by atoms with Crippen LogP contribution in [0.25, 0.3) is 0 Å². The van der Waals surface area contributed by atoms with Crippen LogP contribution in [0.1, 0.15) is 68.7 Å². The first-order valence-electron chi connectivity index (χ1n) is 8.48. The Kier molecular flexibility index (Phi) is 3.67. The summed E-state index contributed by atoms with van der Waals surface area (Å²) in [7, 11) is 0. The second kappa shape index (κ2) is 5.83. The first-order valence-corrected chi connectivity index (χ1v) is 8.48.